The van der Waals surface area contributed by atoms with Crippen LogP contribution in [0.2, 0.25) is 0 Å². The van der Waals surface area contributed by atoms with E-state index >= 15 is 0 Å². The molecule has 1 saturated carbocycles. The number of alkyl halides is 2. The number of halogens is 2. The molecule has 0 spiro atoms. The van der Waals surface area contributed by atoms with Crippen LogP contribution in [-0.4, -0.2) is 91.4 Å². The SMILES string of the molecule is CS(=O)(=O)c1ccc(CN2C[C@@H]3C[C@H]2C(=O)N2C[C@@H](NC4CCC(F)(F)CC4)C[C@H]2C(=O)NCc2ccccc2CC(=O)N3)cc1. The molecule has 3 amide bonds. The molecule has 0 aromatic heterocycles. The number of hydrogen-bond acceptors (Lipinski definition) is 7. The smallest absolute Gasteiger partial charge is 0.248 e. The summed E-state index contributed by atoms with van der Waals surface area (Å²) in [5, 5.41) is 9.58. The fourth-order valence-electron chi connectivity index (χ4n) is 7.35. The number of likely N-dealkylation sites (tertiary alicyclic amines) is 1. The quantitative estimate of drug-likeness (QED) is 0.450. The maximum absolute atomic E-state index is 14.4. The number of nitrogens with zero attached hydrogens (tertiary/aromatic N) is 2. The second-order valence-corrected chi connectivity index (χ2v) is 15.3. The molecule has 2 bridgehead atoms. The van der Waals surface area contributed by atoms with Crippen LogP contribution in [0.1, 0.15) is 55.2 Å². The van der Waals surface area contributed by atoms with Gasteiger partial charge in [0.15, 0.2) is 9.84 Å². The van der Waals surface area contributed by atoms with Crippen LogP contribution in [0.25, 0.3) is 0 Å². The van der Waals surface area contributed by atoms with Gasteiger partial charge in [-0.3, -0.25) is 19.3 Å². The molecule has 2 aromatic rings. The maximum Gasteiger partial charge on any atom is 0.248 e. The summed E-state index contributed by atoms with van der Waals surface area (Å²) in [6, 6.07) is 12.0. The summed E-state index contributed by atoms with van der Waals surface area (Å²) < 4.78 is 51.6. The van der Waals surface area contributed by atoms with Crippen LogP contribution in [0.4, 0.5) is 8.78 Å². The average Bonchev–Trinajstić information content (AvgIpc) is 3.60. The Kier molecular flexibility index (Phi) is 9.19. The molecule has 1 aliphatic carbocycles. The van der Waals surface area contributed by atoms with Crippen LogP contribution in [0.15, 0.2) is 53.4 Å². The van der Waals surface area contributed by atoms with Gasteiger partial charge in [-0.25, -0.2) is 17.2 Å². The van der Waals surface area contributed by atoms with Crippen LogP contribution < -0.4 is 16.0 Å². The van der Waals surface area contributed by atoms with E-state index in [2.05, 4.69) is 16.0 Å². The maximum atomic E-state index is 14.4. The van der Waals surface area contributed by atoms with Gasteiger partial charge in [-0.05, 0) is 54.5 Å². The van der Waals surface area contributed by atoms with Crippen molar-refractivity contribution in [1.82, 2.24) is 25.8 Å². The molecule has 248 valence electrons. The van der Waals surface area contributed by atoms with Gasteiger partial charge >= 0.3 is 0 Å². The number of nitrogens with one attached hydrogen (secondary N) is 3. The Morgan fingerprint density at radius 3 is 2.30 bits per heavy atom. The van der Waals surface area contributed by atoms with Crippen molar-refractivity contribution in [3.63, 3.8) is 0 Å². The number of hydrogen-bond donors (Lipinski definition) is 3. The topological polar surface area (TPSA) is 128 Å². The van der Waals surface area contributed by atoms with E-state index in [0.717, 1.165) is 22.9 Å². The van der Waals surface area contributed by atoms with Crippen LogP contribution in [-0.2, 0) is 43.7 Å². The van der Waals surface area contributed by atoms with Crippen molar-refractivity contribution in [3.05, 3.63) is 65.2 Å². The van der Waals surface area contributed by atoms with Gasteiger partial charge in [-0.15, -0.1) is 0 Å². The molecule has 0 radical (unpaired) electrons. The molecular weight excluding hydrogens is 616 g/mol. The average molecular weight is 658 g/mol. The Morgan fingerprint density at radius 2 is 1.61 bits per heavy atom. The Balaban J connectivity index is 1.27. The second-order valence-electron chi connectivity index (χ2n) is 13.3. The lowest BCUT2D eigenvalue weighted by atomic mass is 9.91. The molecular formula is C33H41F2N5O5S. The number of carbonyl (C=O) groups excluding carboxylic acids is 3. The van der Waals surface area contributed by atoms with E-state index in [1.165, 1.54) is 0 Å². The number of fused-ring (bicyclic) bond motifs is 4. The summed E-state index contributed by atoms with van der Waals surface area (Å²) in [5.74, 6) is -3.34. The van der Waals surface area contributed by atoms with E-state index < -0.39 is 27.8 Å². The van der Waals surface area contributed by atoms with E-state index in [9.17, 15) is 31.6 Å². The molecule has 0 unspecified atom stereocenters. The van der Waals surface area contributed by atoms with Gasteiger partial charge in [0.2, 0.25) is 23.6 Å². The van der Waals surface area contributed by atoms with Gasteiger partial charge in [0.25, 0.3) is 0 Å². The molecule has 3 fully saturated rings. The molecule has 2 aromatic carbocycles. The predicted molar refractivity (Wildman–Crippen MR) is 167 cm³/mol. The Hall–Kier alpha value is -3.42. The molecule has 10 nitrogen and oxygen atoms in total. The summed E-state index contributed by atoms with van der Waals surface area (Å²) in [6.07, 6.45) is 2.31. The van der Waals surface area contributed by atoms with Crippen molar-refractivity contribution in [3.8, 4) is 0 Å². The van der Waals surface area contributed by atoms with E-state index in [-0.39, 0.29) is 73.1 Å². The van der Waals surface area contributed by atoms with Crippen molar-refractivity contribution in [1.29, 1.82) is 0 Å². The summed E-state index contributed by atoms with van der Waals surface area (Å²) in [4.78, 5) is 45.1. The van der Waals surface area contributed by atoms with Crippen LogP contribution >= 0.6 is 0 Å². The Morgan fingerprint density at radius 1 is 0.913 bits per heavy atom. The molecule has 6 rings (SSSR count). The number of carbonyl (C=O) groups is 3. The fraction of sp³-hybridized carbons (Fsp3) is 0.545. The highest BCUT2D eigenvalue weighted by Gasteiger charge is 2.47. The number of sulfone groups is 1. The minimum Gasteiger partial charge on any atom is -0.352 e. The number of amides is 3. The molecule has 2 saturated heterocycles. The second kappa shape index (κ2) is 13.0. The summed E-state index contributed by atoms with van der Waals surface area (Å²) in [5.41, 5.74) is 2.44. The zero-order chi connectivity index (χ0) is 32.6. The minimum absolute atomic E-state index is 0.109. The fourth-order valence-corrected chi connectivity index (χ4v) is 7.98. The Bertz CT molecular complexity index is 1580. The normalized spacial score (nSPS) is 27.8. The van der Waals surface area contributed by atoms with Crippen molar-refractivity contribution in [2.24, 2.45) is 0 Å². The highest BCUT2D eigenvalue weighted by molar-refractivity contribution is 7.90. The van der Waals surface area contributed by atoms with Crippen molar-refractivity contribution in [2.75, 3.05) is 19.3 Å². The van der Waals surface area contributed by atoms with Gasteiger partial charge in [0, 0.05) is 63.4 Å². The van der Waals surface area contributed by atoms with E-state index in [1.807, 2.05) is 29.2 Å². The largest absolute Gasteiger partial charge is 0.352 e. The number of rotatable bonds is 5. The molecule has 46 heavy (non-hydrogen) atoms. The standard InChI is InChI=1S/C33H41F2N5O5S/c1-46(44,45)27-8-6-21(7-9-27)18-39-19-25-16-29(39)32(43)40-20-26(37-24-10-12-33(34,35)13-11-24)15-28(40)31(42)36-17-23-5-3-2-4-22(23)14-30(41)38-25/h2-9,24-26,28-29,37H,10-20H2,1H3,(H,36,42)(H,38,41)/t25-,26-,28-,29-/m0/s1. The first-order chi connectivity index (χ1) is 21.8. The first-order valence-corrected chi connectivity index (χ1v) is 17.8. The zero-order valence-corrected chi connectivity index (χ0v) is 26.7. The molecule has 4 aliphatic rings. The highest BCUT2D eigenvalue weighted by atomic mass is 32.2. The van der Waals surface area contributed by atoms with Gasteiger partial charge < -0.3 is 20.9 Å². The third-order valence-electron chi connectivity index (χ3n) is 9.79. The third-order valence-corrected chi connectivity index (χ3v) is 10.9. The first-order valence-electron chi connectivity index (χ1n) is 16.0. The zero-order valence-electron chi connectivity index (χ0n) is 25.9. The molecule has 3 N–H and O–H groups in total. The third kappa shape index (κ3) is 7.42. The van der Waals surface area contributed by atoms with E-state index in [0.29, 0.717) is 38.8 Å². The molecule has 13 heteroatoms. The lowest BCUT2D eigenvalue weighted by molar-refractivity contribution is -0.142. The van der Waals surface area contributed by atoms with Crippen LogP contribution in [0, 0.1) is 0 Å². The first kappa shape index (κ1) is 32.5. The lowest BCUT2D eigenvalue weighted by Crippen LogP contribution is -2.52. The van der Waals surface area contributed by atoms with Gasteiger partial charge in [0.05, 0.1) is 17.4 Å². The van der Waals surface area contributed by atoms with Crippen molar-refractivity contribution < 1.29 is 31.6 Å². The molecule has 3 aliphatic heterocycles. The van der Waals surface area contributed by atoms with Crippen molar-refractivity contribution in [2.45, 2.75) is 99.1 Å². The van der Waals surface area contributed by atoms with Gasteiger partial charge in [0.1, 0.15) is 6.04 Å². The van der Waals surface area contributed by atoms with E-state index in [1.54, 1.807) is 29.2 Å². The van der Waals surface area contributed by atoms with Gasteiger partial charge in [-0.1, -0.05) is 36.4 Å². The Labute approximate surface area is 268 Å². The summed E-state index contributed by atoms with van der Waals surface area (Å²) in [7, 11) is -3.37. The summed E-state index contributed by atoms with van der Waals surface area (Å²) in [6.45, 7) is 1.22. The molecule has 3 heterocycles. The predicted octanol–water partition coefficient (Wildman–Crippen LogP) is 2.16. The van der Waals surface area contributed by atoms with Crippen molar-refractivity contribution >= 4 is 27.6 Å². The number of benzene rings is 2. The molecule has 4 atom stereocenters. The van der Waals surface area contributed by atoms with E-state index in [4.69, 9.17) is 0 Å². The minimum atomic E-state index is -3.37. The lowest BCUT2D eigenvalue weighted by Gasteiger charge is -2.32. The van der Waals surface area contributed by atoms with Gasteiger partial charge in [-0.2, -0.15) is 0 Å². The van der Waals surface area contributed by atoms with Crippen LogP contribution in [0.3, 0.4) is 0 Å². The highest BCUT2D eigenvalue weighted by Crippen LogP contribution is 2.34. The van der Waals surface area contributed by atoms with Crippen LogP contribution in [0.5, 0.6) is 0 Å². The monoisotopic (exact) mass is 657 g/mol. The summed E-state index contributed by atoms with van der Waals surface area (Å²) >= 11 is 0.